The fraction of sp³-hybridized carbons (Fsp3) is 0.312. The Balaban J connectivity index is 1.82. The molecule has 1 aromatic heterocycles. The summed E-state index contributed by atoms with van der Waals surface area (Å²) < 4.78 is 5.59. The van der Waals surface area contributed by atoms with Gasteiger partial charge in [-0.15, -0.1) is 0 Å². The average Bonchev–Trinajstić information content (AvgIpc) is 2.55. The minimum absolute atomic E-state index is 0.141. The van der Waals surface area contributed by atoms with Crippen molar-refractivity contribution < 1.29 is 9.53 Å². The molecule has 1 aliphatic heterocycles. The number of carbonyl (C=O) groups excluding carboxylic acids is 1. The molecule has 2 N–H and O–H groups in total. The topological polar surface area (TPSA) is 84.1 Å². The highest BCUT2D eigenvalue weighted by Crippen LogP contribution is 2.31. The van der Waals surface area contributed by atoms with Gasteiger partial charge < -0.3 is 15.0 Å². The third-order valence-corrected chi connectivity index (χ3v) is 4.13. The Kier molecular flexibility index (Phi) is 4.66. The molecular formula is C16H17N3O3S. The number of amides is 1. The number of para-hydroxylation sites is 1. The predicted octanol–water partition coefficient (Wildman–Crippen LogP) is 1.89. The molecule has 1 aromatic carbocycles. The first-order valence-electron chi connectivity index (χ1n) is 7.29. The first kappa shape index (κ1) is 15.6. The van der Waals surface area contributed by atoms with Crippen LogP contribution in [0.25, 0.3) is 0 Å². The van der Waals surface area contributed by atoms with Gasteiger partial charge in [0.1, 0.15) is 17.3 Å². The summed E-state index contributed by atoms with van der Waals surface area (Å²) in [5.74, 6) is 1.49. The lowest BCUT2D eigenvalue weighted by Crippen LogP contribution is -2.33. The van der Waals surface area contributed by atoms with Crippen molar-refractivity contribution in [2.75, 3.05) is 12.9 Å². The lowest BCUT2D eigenvalue weighted by atomic mass is 10.0. The maximum Gasteiger partial charge on any atom is 0.270 e. The smallest absolute Gasteiger partial charge is 0.270 e. The highest BCUT2D eigenvalue weighted by Gasteiger charge is 2.23. The second kappa shape index (κ2) is 6.87. The Morgan fingerprint density at radius 3 is 3.13 bits per heavy atom. The molecule has 120 valence electrons. The molecule has 0 fully saturated rings. The van der Waals surface area contributed by atoms with E-state index in [1.165, 1.54) is 17.8 Å². The zero-order valence-electron chi connectivity index (χ0n) is 12.7. The Morgan fingerprint density at radius 2 is 2.30 bits per heavy atom. The standard InChI is InChI=1S/C16H17N3O3S/c1-23-9-14-17-12(8-15(20)19-14)16(21)18-11-6-7-22-13-5-3-2-4-10(11)13/h2-5,8,11H,6-7,9H2,1H3,(H,18,21)(H,17,19,20). The van der Waals surface area contributed by atoms with E-state index in [-0.39, 0.29) is 23.2 Å². The molecular weight excluding hydrogens is 314 g/mol. The fourth-order valence-electron chi connectivity index (χ4n) is 2.55. The number of aromatic nitrogens is 2. The minimum atomic E-state index is -0.347. The van der Waals surface area contributed by atoms with Crippen LogP contribution in [0.4, 0.5) is 0 Å². The summed E-state index contributed by atoms with van der Waals surface area (Å²) in [7, 11) is 0. The van der Waals surface area contributed by atoms with E-state index in [4.69, 9.17) is 4.74 Å². The Hall–Kier alpha value is -2.28. The monoisotopic (exact) mass is 331 g/mol. The molecule has 0 saturated heterocycles. The molecule has 1 unspecified atom stereocenters. The SMILES string of the molecule is CSCc1nc(C(=O)NC2CCOc3ccccc32)cc(=O)[nH]1. The quantitative estimate of drug-likeness (QED) is 0.894. The number of carbonyl (C=O) groups is 1. The molecule has 7 heteroatoms. The van der Waals surface area contributed by atoms with Crippen LogP contribution in [-0.4, -0.2) is 28.7 Å². The van der Waals surface area contributed by atoms with Crippen LogP contribution < -0.4 is 15.6 Å². The number of fused-ring (bicyclic) bond motifs is 1. The number of hydrogen-bond donors (Lipinski definition) is 2. The van der Waals surface area contributed by atoms with Gasteiger partial charge >= 0.3 is 0 Å². The molecule has 2 aromatic rings. The van der Waals surface area contributed by atoms with Crippen molar-refractivity contribution in [2.24, 2.45) is 0 Å². The van der Waals surface area contributed by atoms with Crippen LogP contribution in [0.1, 0.15) is 34.3 Å². The van der Waals surface area contributed by atoms with Gasteiger partial charge in [0.2, 0.25) is 0 Å². The van der Waals surface area contributed by atoms with Gasteiger partial charge in [-0.1, -0.05) is 18.2 Å². The summed E-state index contributed by atoms with van der Waals surface area (Å²) in [6.45, 7) is 0.544. The van der Waals surface area contributed by atoms with E-state index >= 15 is 0 Å². The lowest BCUT2D eigenvalue weighted by molar-refractivity contribution is 0.0919. The van der Waals surface area contributed by atoms with Crippen LogP contribution in [0, 0.1) is 0 Å². The first-order chi connectivity index (χ1) is 11.2. The van der Waals surface area contributed by atoms with Gasteiger partial charge in [-0.2, -0.15) is 11.8 Å². The van der Waals surface area contributed by atoms with E-state index in [1.807, 2.05) is 30.5 Å². The van der Waals surface area contributed by atoms with E-state index in [1.54, 1.807) is 0 Å². The average molecular weight is 331 g/mol. The Labute approximate surface area is 137 Å². The molecule has 3 rings (SSSR count). The molecule has 1 aliphatic rings. The third kappa shape index (κ3) is 3.56. The molecule has 2 heterocycles. The second-order valence-electron chi connectivity index (χ2n) is 5.21. The van der Waals surface area contributed by atoms with E-state index in [2.05, 4.69) is 15.3 Å². The first-order valence-corrected chi connectivity index (χ1v) is 8.68. The molecule has 0 radical (unpaired) electrons. The van der Waals surface area contributed by atoms with Gasteiger partial charge in [0.25, 0.3) is 11.5 Å². The van der Waals surface area contributed by atoms with Gasteiger partial charge in [-0.25, -0.2) is 4.98 Å². The molecule has 6 nitrogen and oxygen atoms in total. The van der Waals surface area contributed by atoms with Crippen LogP contribution in [0.5, 0.6) is 5.75 Å². The molecule has 1 atom stereocenters. The van der Waals surface area contributed by atoms with Crippen LogP contribution in [0.15, 0.2) is 35.1 Å². The zero-order valence-corrected chi connectivity index (χ0v) is 13.5. The number of rotatable bonds is 4. The predicted molar refractivity (Wildman–Crippen MR) is 88.8 cm³/mol. The molecule has 0 aliphatic carbocycles. The van der Waals surface area contributed by atoms with Crippen molar-refractivity contribution in [3.8, 4) is 5.75 Å². The number of H-pyrrole nitrogens is 1. The third-order valence-electron chi connectivity index (χ3n) is 3.57. The van der Waals surface area contributed by atoms with Gasteiger partial charge in [0.05, 0.1) is 18.4 Å². The van der Waals surface area contributed by atoms with E-state index in [9.17, 15) is 9.59 Å². The fourth-order valence-corrected chi connectivity index (χ4v) is 2.96. The van der Waals surface area contributed by atoms with Crippen LogP contribution in [0.2, 0.25) is 0 Å². The van der Waals surface area contributed by atoms with Gasteiger partial charge in [0.15, 0.2) is 0 Å². The van der Waals surface area contributed by atoms with Crippen molar-refractivity contribution in [3.05, 3.63) is 57.8 Å². The number of benzene rings is 1. The number of hydrogen-bond acceptors (Lipinski definition) is 5. The molecule has 0 bridgehead atoms. The van der Waals surface area contributed by atoms with Crippen molar-refractivity contribution in [1.29, 1.82) is 0 Å². The Morgan fingerprint density at radius 1 is 1.48 bits per heavy atom. The maximum atomic E-state index is 12.5. The molecule has 1 amide bonds. The Bertz CT molecular complexity index is 775. The van der Waals surface area contributed by atoms with Crippen molar-refractivity contribution in [3.63, 3.8) is 0 Å². The summed E-state index contributed by atoms with van der Waals surface area (Å²) in [5, 5.41) is 2.95. The number of aromatic amines is 1. The van der Waals surface area contributed by atoms with Crippen LogP contribution >= 0.6 is 11.8 Å². The number of nitrogens with one attached hydrogen (secondary N) is 2. The number of nitrogens with zero attached hydrogens (tertiary/aromatic N) is 1. The summed E-state index contributed by atoms with van der Waals surface area (Å²) in [6, 6.07) is 8.71. The van der Waals surface area contributed by atoms with E-state index < -0.39 is 0 Å². The van der Waals surface area contributed by atoms with Crippen molar-refractivity contribution >= 4 is 17.7 Å². The second-order valence-corrected chi connectivity index (χ2v) is 6.08. The normalized spacial score (nSPS) is 16.3. The number of thioether (sulfide) groups is 1. The van der Waals surface area contributed by atoms with E-state index in [0.717, 1.165) is 11.3 Å². The summed E-state index contributed by atoms with van der Waals surface area (Å²) in [6.07, 6.45) is 2.59. The van der Waals surface area contributed by atoms with E-state index in [0.29, 0.717) is 24.6 Å². The molecule has 23 heavy (non-hydrogen) atoms. The summed E-state index contributed by atoms with van der Waals surface area (Å²) in [4.78, 5) is 31.0. The molecule has 0 saturated carbocycles. The lowest BCUT2D eigenvalue weighted by Gasteiger charge is -2.26. The largest absolute Gasteiger partial charge is 0.493 e. The van der Waals surface area contributed by atoms with Crippen LogP contribution in [0.3, 0.4) is 0 Å². The van der Waals surface area contributed by atoms with Gasteiger partial charge in [-0.05, 0) is 12.3 Å². The number of ether oxygens (including phenoxy) is 1. The van der Waals surface area contributed by atoms with Crippen molar-refractivity contribution in [1.82, 2.24) is 15.3 Å². The zero-order chi connectivity index (χ0) is 16.2. The van der Waals surface area contributed by atoms with Gasteiger partial charge in [-0.3, -0.25) is 9.59 Å². The summed E-state index contributed by atoms with van der Waals surface area (Å²) >= 11 is 1.53. The highest BCUT2D eigenvalue weighted by molar-refractivity contribution is 7.97. The summed E-state index contributed by atoms with van der Waals surface area (Å²) in [5.41, 5.74) is 0.768. The van der Waals surface area contributed by atoms with Crippen LogP contribution in [-0.2, 0) is 5.75 Å². The highest BCUT2D eigenvalue weighted by atomic mass is 32.2. The van der Waals surface area contributed by atoms with Gasteiger partial charge in [0, 0.05) is 18.1 Å². The molecule has 0 spiro atoms. The minimum Gasteiger partial charge on any atom is -0.493 e. The van der Waals surface area contributed by atoms with Crippen molar-refractivity contribution in [2.45, 2.75) is 18.2 Å². The maximum absolute atomic E-state index is 12.5.